The average molecular weight is 235 g/mol. The van der Waals surface area contributed by atoms with Crippen LogP contribution in [0.25, 0.3) is 0 Å². The molecule has 0 saturated carbocycles. The molecule has 0 heterocycles. The monoisotopic (exact) mass is 235 g/mol. The van der Waals surface area contributed by atoms with Gasteiger partial charge in [-0.05, 0) is 6.42 Å². The number of amides is 1. The fourth-order valence-corrected chi connectivity index (χ4v) is 0.442. The fraction of sp³-hybridized carbons (Fsp3) is 0.500. The van der Waals surface area contributed by atoms with Gasteiger partial charge in [0.1, 0.15) is 6.61 Å². The van der Waals surface area contributed by atoms with E-state index in [1.165, 1.54) is 0 Å². The van der Waals surface area contributed by atoms with Gasteiger partial charge in [-0.3, -0.25) is 9.63 Å². The molecule has 15 heavy (non-hydrogen) atoms. The van der Waals surface area contributed by atoms with Crippen LogP contribution >= 0.6 is 0 Å². The van der Waals surface area contributed by atoms with Gasteiger partial charge in [-0.2, -0.15) is 0 Å². The number of carbonyl (C=O) groups excluding carboxylic acids is 3. The number of rotatable bonds is 6. The van der Waals surface area contributed by atoms with Crippen molar-refractivity contribution in [2.75, 3.05) is 6.61 Å². The van der Waals surface area contributed by atoms with Crippen LogP contribution in [0.1, 0.15) is 12.8 Å². The SMILES string of the molecule is O=C([O-])CCC(=O)NOCC(=O)[O-].[Na+].[Na+]. The maximum Gasteiger partial charge on any atom is 1.00 e. The van der Waals surface area contributed by atoms with E-state index in [0.717, 1.165) is 0 Å². The molecule has 9 heteroatoms. The molecule has 0 bridgehead atoms. The predicted octanol–water partition coefficient (Wildman–Crippen LogP) is -9.68. The van der Waals surface area contributed by atoms with Crippen LogP contribution in [-0.4, -0.2) is 24.5 Å². The molecule has 1 N–H and O–H groups in total. The van der Waals surface area contributed by atoms with E-state index in [0.29, 0.717) is 0 Å². The fourth-order valence-electron chi connectivity index (χ4n) is 0.442. The Morgan fingerprint density at radius 2 is 1.53 bits per heavy atom. The number of carboxylic acids is 2. The number of hydrogen-bond acceptors (Lipinski definition) is 6. The molecule has 0 saturated heterocycles. The molecule has 0 atom stereocenters. The van der Waals surface area contributed by atoms with E-state index in [-0.39, 0.29) is 65.5 Å². The van der Waals surface area contributed by atoms with Crippen LogP contribution in [0.4, 0.5) is 0 Å². The largest absolute Gasteiger partial charge is 1.00 e. The summed E-state index contributed by atoms with van der Waals surface area (Å²) in [5.74, 6) is -3.58. The Hall–Kier alpha value is 0.370. The third-order valence-corrected chi connectivity index (χ3v) is 0.932. The van der Waals surface area contributed by atoms with E-state index < -0.39 is 30.9 Å². The van der Waals surface area contributed by atoms with Crippen molar-refractivity contribution in [1.29, 1.82) is 0 Å². The van der Waals surface area contributed by atoms with E-state index in [9.17, 15) is 24.6 Å². The molecular weight excluding hydrogens is 228 g/mol. The van der Waals surface area contributed by atoms with Crippen molar-refractivity contribution < 1.29 is 88.5 Å². The standard InChI is InChI=1S/C6H9NO6.2Na/c8-4(1-2-5(9)10)7-13-3-6(11)12;;/h1-3H2,(H,7,8)(H,9,10)(H,11,12);;/q;2*+1/p-2. The van der Waals surface area contributed by atoms with Crippen LogP contribution in [0.15, 0.2) is 0 Å². The number of nitrogens with one attached hydrogen (secondary N) is 1. The Morgan fingerprint density at radius 1 is 1.00 bits per heavy atom. The van der Waals surface area contributed by atoms with Gasteiger partial charge < -0.3 is 19.8 Å². The molecule has 0 aliphatic carbocycles. The second-order valence-electron chi connectivity index (χ2n) is 2.06. The van der Waals surface area contributed by atoms with Crippen LogP contribution in [-0.2, 0) is 19.2 Å². The normalized spacial score (nSPS) is 8.00. The van der Waals surface area contributed by atoms with Gasteiger partial charge in [0.05, 0.1) is 5.97 Å². The Labute approximate surface area is 130 Å². The molecule has 0 aliphatic heterocycles. The summed E-state index contributed by atoms with van der Waals surface area (Å²) in [4.78, 5) is 34.3. The molecule has 0 aliphatic rings. The molecule has 0 aromatic heterocycles. The van der Waals surface area contributed by atoms with E-state index in [4.69, 9.17) is 0 Å². The maximum absolute atomic E-state index is 10.6. The van der Waals surface area contributed by atoms with E-state index in [1.54, 1.807) is 5.48 Å². The first-order chi connectivity index (χ1) is 6.02. The van der Waals surface area contributed by atoms with Gasteiger partial charge in [-0.1, -0.05) is 0 Å². The summed E-state index contributed by atoms with van der Waals surface area (Å²) in [7, 11) is 0. The van der Waals surface area contributed by atoms with Crippen LogP contribution in [0.3, 0.4) is 0 Å². The summed E-state index contributed by atoms with van der Waals surface area (Å²) in [5, 5.41) is 19.6. The maximum atomic E-state index is 10.6. The van der Waals surface area contributed by atoms with Gasteiger partial charge in [0, 0.05) is 12.4 Å². The third-order valence-electron chi connectivity index (χ3n) is 0.932. The topological polar surface area (TPSA) is 119 Å². The quantitative estimate of drug-likeness (QED) is 0.360. The minimum atomic E-state index is -1.49. The van der Waals surface area contributed by atoms with Crippen LogP contribution in [0.5, 0.6) is 0 Å². The van der Waals surface area contributed by atoms with Gasteiger partial charge in [0.25, 0.3) is 0 Å². The third kappa shape index (κ3) is 17.0. The van der Waals surface area contributed by atoms with Crippen LogP contribution in [0.2, 0.25) is 0 Å². The van der Waals surface area contributed by atoms with Crippen molar-refractivity contribution in [3.63, 3.8) is 0 Å². The first-order valence-electron chi connectivity index (χ1n) is 3.32. The molecular formula is C6H7NNa2O6. The van der Waals surface area contributed by atoms with Crippen LogP contribution in [0, 0.1) is 0 Å². The summed E-state index contributed by atoms with van der Waals surface area (Å²) >= 11 is 0. The molecule has 0 aromatic carbocycles. The number of aliphatic carboxylic acids is 2. The Balaban J connectivity index is -0.000000720. The van der Waals surface area contributed by atoms with Gasteiger partial charge in [-0.25, -0.2) is 5.48 Å². The minimum absolute atomic E-state index is 0. The number of hydroxylamine groups is 1. The molecule has 0 spiro atoms. The zero-order valence-electron chi connectivity index (χ0n) is 8.57. The smallest absolute Gasteiger partial charge is 0.550 e. The van der Waals surface area contributed by atoms with Crippen molar-refractivity contribution in [1.82, 2.24) is 5.48 Å². The molecule has 7 nitrogen and oxygen atoms in total. The van der Waals surface area contributed by atoms with Crippen molar-refractivity contribution >= 4 is 17.8 Å². The second kappa shape index (κ2) is 12.4. The van der Waals surface area contributed by atoms with Crippen molar-refractivity contribution in [3.05, 3.63) is 0 Å². The van der Waals surface area contributed by atoms with Gasteiger partial charge in [0.15, 0.2) is 0 Å². The zero-order chi connectivity index (χ0) is 10.3. The molecule has 74 valence electrons. The average Bonchev–Trinajstić information content (AvgIpc) is 2.00. The second-order valence-corrected chi connectivity index (χ2v) is 2.06. The molecule has 0 aromatic rings. The molecule has 0 radical (unpaired) electrons. The first kappa shape index (κ1) is 20.7. The molecule has 0 rings (SSSR count). The molecule has 0 unspecified atom stereocenters. The van der Waals surface area contributed by atoms with Crippen molar-refractivity contribution in [2.24, 2.45) is 0 Å². The zero-order valence-corrected chi connectivity index (χ0v) is 12.6. The Bertz CT molecular complexity index is 222. The summed E-state index contributed by atoms with van der Waals surface area (Å²) in [5.41, 5.74) is 1.72. The number of carbonyl (C=O) groups is 3. The molecule has 1 amide bonds. The van der Waals surface area contributed by atoms with Gasteiger partial charge >= 0.3 is 59.1 Å². The summed E-state index contributed by atoms with van der Waals surface area (Å²) in [6.07, 6.45) is -0.768. The minimum Gasteiger partial charge on any atom is -0.550 e. The number of carboxylic acid groups (broad SMARTS) is 2. The van der Waals surface area contributed by atoms with Crippen molar-refractivity contribution in [3.8, 4) is 0 Å². The summed E-state index contributed by atoms with van der Waals surface area (Å²) < 4.78 is 0. The number of hydrogen-bond donors (Lipinski definition) is 1. The van der Waals surface area contributed by atoms with E-state index in [1.807, 2.05) is 0 Å². The Morgan fingerprint density at radius 3 is 1.93 bits per heavy atom. The summed E-state index contributed by atoms with van der Waals surface area (Å²) in [6, 6.07) is 0. The predicted molar refractivity (Wildman–Crippen MR) is 33.3 cm³/mol. The summed E-state index contributed by atoms with van der Waals surface area (Å²) in [6.45, 7) is -0.781. The van der Waals surface area contributed by atoms with E-state index in [2.05, 4.69) is 4.84 Å². The van der Waals surface area contributed by atoms with Crippen LogP contribution < -0.4 is 74.8 Å². The van der Waals surface area contributed by atoms with Crippen molar-refractivity contribution in [2.45, 2.75) is 12.8 Å². The Kier molecular flexibility index (Phi) is 17.2. The van der Waals surface area contributed by atoms with Gasteiger partial charge in [-0.15, -0.1) is 0 Å². The molecule has 0 fully saturated rings. The first-order valence-corrected chi connectivity index (χ1v) is 3.32. The van der Waals surface area contributed by atoms with E-state index >= 15 is 0 Å². The van der Waals surface area contributed by atoms with Gasteiger partial charge in [0.2, 0.25) is 5.91 Å².